The molecule has 0 saturated carbocycles. The van der Waals surface area contributed by atoms with Crippen LogP contribution in [0.15, 0.2) is 18.2 Å². The SMILES string of the molecule is CCC.Nc1ccc(C(=O)NCCCN2CCCCC2)cc1O. The number of aromatic hydroxyl groups is 1. The minimum Gasteiger partial charge on any atom is -0.506 e. The molecule has 0 atom stereocenters. The predicted molar refractivity (Wildman–Crippen MR) is 95.7 cm³/mol. The van der Waals surface area contributed by atoms with Gasteiger partial charge in [-0.2, -0.15) is 0 Å². The molecule has 5 heteroatoms. The van der Waals surface area contributed by atoms with Gasteiger partial charge < -0.3 is 21.1 Å². The first-order valence-electron chi connectivity index (χ1n) is 8.67. The summed E-state index contributed by atoms with van der Waals surface area (Å²) in [5, 5.41) is 12.3. The van der Waals surface area contributed by atoms with Gasteiger partial charge >= 0.3 is 0 Å². The lowest BCUT2D eigenvalue weighted by Gasteiger charge is -2.26. The van der Waals surface area contributed by atoms with E-state index in [-0.39, 0.29) is 17.3 Å². The second kappa shape index (κ2) is 10.9. The van der Waals surface area contributed by atoms with Gasteiger partial charge in [-0.3, -0.25) is 4.79 Å². The summed E-state index contributed by atoms with van der Waals surface area (Å²) in [5.74, 6) is -0.218. The molecule has 1 saturated heterocycles. The highest BCUT2D eigenvalue weighted by atomic mass is 16.3. The average molecular weight is 321 g/mol. The average Bonchev–Trinajstić information content (AvgIpc) is 2.55. The van der Waals surface area contributed by atoms with Gasteiger partial charge in [-0.15, -0.1) is 0 Å². The fourth-order valence-corrected chi connectivity index (χ4v) is 2.47. The Labute approximate surface area is 139 Å². The van der Waals surface area contributed by atoms with Gasteiger partial charge in [-0.25, -0.2) is 0 Å². The zero-order valence-electron chi connectivity index (χ0n) is 14.5. The van der Waals surface area contributed by atoms with Gasteiger partial charge in [0.1, 0.15) is 5.75 Å². The number of anilines is 1. The Morgan fingerprint density at radius 3 is 2.52 bits per heavy atom. The molecular weight excluding hydrogens is 290 g/mol. The fraction of sp³-hybridized carbons (Fsp3) is 0.611. The number of likely N-dealkylation sites (tertiary alicyclic amines) is 1. The Hall–Kier alpha value is -1.75. The van der Waals surface area contributed by atoms with Gasteiger partial charge in [-0.1, -0.05) is 26.7 Å². The van der Waals surface area contributed by atoms with Crippen molar-refractivity contribution in [2.24, 2.45) is 0 Å². The van der Waals surface area contributed by atoms with E-state index >= 15 is 0 Å². The lowest BCUT2D eigenvalue weighted by molar-refractivity contribution is 0.0950. The molecule has 0 bridgehead atoms. The van der Waals surface area contributed by atoms with Gasteiger partial charge in [-0.05, 0) is 57.1 Å². The van der Waals surface area contributed by atoms with Crippen LogP contribution in [0.4, 0.5) is 5.69 Å². The van der Waals surface area contributed by atoms with Crippen LogP contribution in [-0.4, -0.2) is 42.1 Å². The molecule has 1 amide bonds. The zero-order valence-corrected chi connectivity index (χ0v) is 14.5. The standard InChI is InChI=1S/C15H23N3O2.C3H8/c16-13-6-5-12(11-14(13)19)15(20)17-7-4-10-18-8-2-1-3-9-18;1-3-2/h5-6,11,19H,1-4,7-10,16H2,(H,17,20);3H2,1-2H3. The lowest BCUT2D eigenvalue weighted by atomic mass is 10.1. The summed E-state index contributed by atoms with van der Waals surface area (Å²) in [6, 6.07) is 4.56. The van der Waals surface area contributed by atoms with Gasteiger partial charge in [0.05, 0.1) is 5.69 Å². The molecule has 1 fully saturated rings. The smallest absolute Gasteiger partial charge is 0.251 e. The van der Waals surface area contributed by atoms with E-state index in [4.69, 9.17) is 5.73 Å². The van der Waals surface area contributed by atoms with E-state index in [1.165, 1.54) is 50.9 Å². The molecule has 5 nitrogen and oxygen atoms in total. The Balaban J connectivity index is 0.000000816. The van der Waals surface area contributed by atoms with E-state index in [9.17, 15) is 9.90 Å². The van der Waals surface area contributed by atoms with E-state index in [1.807, 2.05) is 0 Å². The molecule has 1 aliphatic rings. The van der Waals surface area contributed by atoms with Crippen LogP contribution in [0.25, 0.3) is 0 Å². The molecule has 1 aliphatic heterocycles. The molecule has 0 radical (unpaired) electrons. The monoisotopic (exact) mass is 321 g/mol. The number of carbonyl (C=O) groups is 1. The molecule has 1 aromatic rings. The molecule has 130 valence electrons. The van der Waals surface area contributed by atoms with Crippen LogP contribution < -0.4 is 11.1 Å². The highest BCUT2D eigenvalue weighted by Crippen LogP contribution is 2.20. The maximum atomic E-state index is 11.9. The first kappa shape index (κ1) is 19.3. The number of carbonyl (C=O) groups excluding carboxylic acids is 1. The number of nitrogens with two attached hydrogens (primary N) is 1. The largest absolute Gasteiger partial charge is 0.506 e. The first-order valence-corrected chi connectivity index (χ1v) is 8.67. The zero-order chi connectivity index (χ0) is 17.1. The molecule has 0 spiro atoms. The van der Waals surface area contributed by atoms with Crippen molar-refractivity contribution < 1.29 is 9.90 Å². The van der Waals surface area contributed by atoms with Crippen molar-refractivity contribution in [3.05, 3.63) is 23.8 Å². The second-order valence-corrected chi connectivity index (χ2v) is 5.99. The molecule has 1 heterocycles. The van der Waals surface area contributed by atoms with Gasteiger partial charge in [0, 0.05) is 12.1 Å². The summed E-state index contributed by atoms with van der Waals surface area (Å²) < 4.78 is 0. The normalized spacial score (nSPS) is 14.7. The number of piperidine rings is 1. The van der Waals surface area contributed by atoms with Crippen molar-refractivity contribution >= 4 is 11.6 Å². The third-order valence-electron chi connectivity index (χ3n) is 3.68. The van der Waals surface area contributed by atoms with E-state index < -0.39 is 0 Å². The van der Waals surface area contributed by atoms with Crippen molar-refractivity contribution in [3.63, 3.8) is 0 Å². The number of benzene rings is 1. The van der Waals surface area contributed by atoms with Crippen LogP contribution in [0.5, 0.6) is 5.75 Å². The van der Waals surface area contributed by atoms with Crippen molar-refractivity contribution in [2.75, 3.05) is 31.9 Å². The number of hydrogen-bond donors (Lipinski definition) is 3. The fourth-order valence-electron chi connectivity index (χ4n) is 2.47. The number of hydrogen-bond acceptors (Lipinski definition) is 4. The van der Waals surface area contributed by atoms with Crippen LogP contribution in [0, 0.1) is 0 Å². The van der Waals surface area contributed by atoms with E-state index in [0.717, 1.165) is 13.0 Å². The Bertz CT molecular complexity index is 471. The van der Waals surface area contributed by atoms with Crippen LogP contribution in [0.2, 0.25) is 0 Å². The van der Waals surface area contributed by atoms with E-state index in [2.05, 4.69) is 24.1 Å². The summed E-state index contributed by atoms with van der Waals surface area (Å²) >= 11 is 0. The maximum Gasteiger partial charge on any atom is 0.251 e. The molecule has 1 aromatic carbocycles. The Morgan fingerprint density at radius 1 is 1.26 bits per heavy atom. The van der Waals surface area contributed by atoms with Crippen molar-refractivity contribution in [2.45, 2.75) is 46.0 Å². The van der Waals surface area contributed by atoms with Crippen LogP contribution in [-0.2, 0) is 0 Å². The maximum absolute atomic E-state index is 11.9. The summed E-state index contributed by atoms with van der Waals surface area (Å²) in [6.45, 7) is 8.30. The number of nitrogen functional groups attached to an aromatic ring is 1. The van der Waals surface area contributed by atoms with Crippen LogP contribution in [0.3, 0.4) is 0 Å². The summed E-state index contributed by atoms with van der Waals surface area (Å²) in [4.78, 5) is 14.3. The van der Waals surface area contributed by atoms with Gasteiger partial charge in [0.2, 0.25) is 0 Å². The van der Waals surface area contributed by atoms with Crippen molar-refractivity contribution in [3.8, 4) is 5.75 Å². The number of phenols is 1. The van der Waals surface area contributed by atoms with Crippen LogP contribution in [0.1, 0.15) is 56.3 Å². The number of rotatable bonds is 5. The topological polar surface area (TPSA) is 78.6 Å². The van der Waals surface area contributed by atoms with Gasteiger partial charge in [0.15, 0.2) is 0 Å². The van der Waals surface area contributed by atoms with Crippen molar-refractivity contribution in [1.29, 1.82) is 0 Å². The first-order chi connectivity index (χ1) is 11.1. The third-order valence-corrected chi connectivity index (χ3v) is 3.68. The number of nitrogens with one attached hydrogen (secondary N) is 1. The summed E-state index contributed by atoms with van der Waals surface area (Å²) in [7, 11) is 0. The van der Waals surface area contributed by atoms with E-state index in [1.54, 1.807) is 6.07 Å². The predicted octanol–water partition coefficient (Wildman–Crippen LogP) is 3.00. The minimum absolute atomic E-state index is 0.0500. The molecule has 0 unspecified atom stereocenters. The minimum atomic E-state index is -0.168. The van der Waals surface area contributed by atoms with Crippen molar-refractivity contribution in [1.82, 2.24) is 10.2 Å². The number of nitrogens with zero attached hydrogens (tertiary/aromatic N) is 1. The Kier molecular flexibility index (Phi) is 9.14. The van der Waals surface area contributed by atoms with Gasteiger partial charge in [0.25, 0.3) is 5.91 Å². The number of amides is 1. The van der Waals surface area contributed by atoms with E-state index in [0.29, 0.717) is 12.1 Å². The Morgan fingerprint density at radius 2 is 1.91 bits per heavy atom. The molecule has 23 heavy (non-hydrogen) atoms. The third kappa shape index (κ3) is 7.37. The molecular formula is C18H31N3O2. The molecule has 0 aliphatic carbocycles. The molecule has 4 N–H and O–H groups in total. The van der Waals surface area contributed by atoms with Crippen LogP contribution >= 0.6 is 0 Å². The highest BCUT2D eigenvalue weighted by Gasteiger charge is 2.10. The highest BCUT2D eigenvalue weighted by molar-refractivity contribution is 5.95. The number of phenolic OH excluding ortho intramolecular Hbond substituents is 1. The second-order valence-electron chi connectivity index (χ2n) is 5.99. The summed E-state index contributed by atoms with van der Waals surface area (Å²) in [6.07, 6.45) is 6.12. The summed E-state index contributed by atoms with van der Waals surface area (Å²) in [5.41, 5.74) is 6.23. The lowest BCUT2D eigenvalue weighted by Crippen LogP contribution is -2.33. The molecule has 0 aromatic heterocycles. The molecule has 2 rings (SSSR count). The quantitative estimate of drug-likeness (QED) is 0.442.